The summed E-state index contributed by atoms with van der Waals surface area (Å²) in [7, 11) is 2.67. The molecule has 0 aliphatic heterocycles. The van der Waals surface area contributed by atoms with Crippen LogP contribution in [0.4, 0.5) is 13.2 Å². The number of nitrogens with zero attached hydrogens (tertiary/aromatic N) is 1. The van der Waals surface area contributed by atoms with Crippen LogP contribution < -0.4 is 4.74 Å². The highest BCUT2D eigenvalue weighted by molar-refractivity contribution is 5.93. The fourth-order valence-electron chi connectivity index (χ4n) is 2.69. The molecular weight excluding hydrogens is 335 g/mol. The van der Waals surface area contributed by atoms with Crippen molar-refractivity contribution in [2.45, 2.75) is 18.7 Å². The molecule has 2 unspecified atom stereocenters. The van der Waals surface area contributed by atoms with Crippen LogP contribution in [0.25, 0.3) is 10.8 Å². The summed E-state index contributed by atoms with van der Waals surface area (Å²) in [6.45, 7) is 0. The monoisotopic (exact) mass is 351 g/mol. The van der Waals surface area contributed by atoms with Crippen LogP contribution >= 0.6 is 0 Å². The van der Waals surface area contributed by atoms with E-state index in [0.29, 0.717) is 11.3 Å². The largest absolute Gasteiger partial charge is 0.496 e. The van der Waals surface area contributed by atoms with Gasteiger partial charge in [-0.25, -0.2) is 0 Å². The zero-order chi connectivity index (χ0) is 18.6. The molecule has 0 aliphatic rings. The Hall–Kier alpha value is -2.59. The molecule has 0 heterocycles. The van der Waals surface area contributed by atoms with Crippen molar-refractivity contribution in [3.8, 4) is 11.8 Å². The van der Waals surface area contributed by atoms with Gasteiger partial charge in [-0.15, -0.1) is 0 Å². The number of Topliss-reactive ketones (excluding diaryl/α,β-unsaturated/α-hetero) is 1. The molecule has 0 saturated carbocycles. The first-order valence-corrected chi connectivity index (χ1v) is 7.41. The van der Waals surface area contributed by atoms with Crippen LogP contribution in [0.3, 0.4) is 0 Å². The van der Waals surface area contributed by atoms with Gasteiger partial charge in [-0.1, -0.05) is 30.3 Å². The number of carbonyl (C=O) groups is 1. The molecule has 0 radical (unpaired) electrons. The smallest absolute Gasteiger partial charge is 0.411 e. The van der Waals surface area contributed by atoms with Crippen molar-refractivity contribution in [1.82, 2.24) is 0 Å². The van der Waals surface area contributed by atoms with Crippen LogP contribution in [-0.2, 0) is 16.0 Å². The van der Waals surface area contributed by atoms with E-state index in [1.807, 2.05) is 6.07 Å². The minimum Gasteiger partial charge on any atom is -0.496 e. The number of alkyl halides is 3. The summed E-state index contributed by atoms with van der Waals surface area (Å²) in [6, 6.07) is 11.6. The minimum atomic E-state index is -4.93. The Morgan fingerprint density at radius 2 is 1.80 bits per heavy atom. The van der Waals surface area contributed by atoms with Crippen LogP contribution in [0.1, 0.15) is 5.56 Å². The lowest BCUT2D eigenvalue weighted by Crippen LogP contribution is -2.38. The van der Waals surface area contributed by atoms with Crippen molar-refractivity contribution in [3.05, 3.63) is 42.0 Å². The van der Waals surface area contributed by atoms with Crippen LogP contribution in [0.2, 0.25) is 0 Å². The lowest BCUT2D eigenvalue weighted by atomic mass is 9.93. The number of nitriles is 1. The van der Waals surface area contributed by atoms with Gasteiger partial charge in [0.25, 0.3) is 0 Å². The Morgan fingerprint density at radius 3 is 2.36 bits per heavy atom. The molecule has 7 heteroatoms. The zero-order valence-corrected chi connectivity index (χ0v) is 13.6. The molecule has 2 aromatic rings. The number of halogens is 3. The van der Waals surface area contributed by atoms with Crippen LogP contribution in [0.15, 0.2) is 36.4 Å². The molecule has 0 fully saturated rings. The molecule has 0 bridgehead atoms. The molecule has 132 valence electrons. The standard InChI is InChI=1S/C18H16F3NO3/c1-24-15-8-4-6-12-11(5-3-7-13(12)15)9-16(25-2)17(23)14(10-22)18(19,20)21/h3-8,14,16H,9H2,1-2H3. The SMILES string of the molecule is COc1cccc2c(CC(OC)C(=O)C(C#N)C(F)(F)F)cccc12. The predicted molar refractivity (Wildman–Crippen MR) is 85.2 cm³/mol. The summed E-state index contributed by atoms with van der Waals surface area (Å²) >= 11 is 0. The van der Waals surface area contributed by atoms with Crippen molar-refractivity contribution in [1.29, 1.82) is 5.26 Å². The molecule has 0 aliphatic carbocycles. The molecule has 2 aromatic carbocycles. The quantitative estimate of drug-likeness (QED) is 0.797. The maximum absolute atomic E-state index is 12.8. The number of ketones is 1. The first kappa shape index (κ1) is 18.7. The van der Waals surface area contributed by atoms with E-state index in [9.17, 15) is 18.0 Å². The van der Waals surface area contributed by atoms with E-state index in [1.54, 1.807) is 30.3 Å². The number of rotatable bonds is 6. The van der Waals surface area contributed by atoms with Gasteiger partial charge in [0.2, 0.25) is 5.92 Å². The van der Waals surface area contributed by atoms with Crippen LogP contribution in [-0.4, -0.2) is 32.3 Å². The van der Waals surface area contributed by atoms with E-state index < -0.39 is 24.0 Å². The second-order valence-electron chi connectivity index (χ2n) is 5.41. The van der Waals surface area contributed by atoms with Crippen molar-refractivity contribution in [2.24, 2.45) is 5.92 Å². The fraction of sp³-hybridized carbons (Fsp3) is 0.333. The second-order valence-corrected chi connectivity index (χ2v) is 5.41. The number of benzene rings is 2. The molecule has 2 rings (SSSR count). The van der Waals surface area contributed by atoms with E-state index in [-0.39, 0.29) is 6.42 Å². The van der Waals surface area contributed by atoms with Crippen LogP contribution in [0, 0.1) is 17.2 Å². The average Bonchev–Trinajstić information content (AvgIpc) is 2.58. The van der Waals surface area contributed by atoms with Gasteiger partial charge in [0.05, 0.1) is 13.2 Å². The maximum Gasteiger partial charge on any atom is 0.411 e. The predicted octanol–water partition coefficient (Wildman–Crippen LogP) is 3.68. The fourth-order valence-corrected chi connectivity index (χ4v) is 2.69. The highest BCUT2D eigenvalue weighted by atomic mass is 19.4. The third kappa shape index (κ3) is 3.91. The van der Waals surface area contributed by atoms with E-state index in [1.165, 1.54) is 7.11 Å². The van der Waals surface area contributed by atoms with E-state index in [4.69, 9.17) is 14.7 Å². The highest BCUT2D eigenvalue weighted by Gasteiger charge is 2.47. The van der Waals surface area contributed by atoms with E-state index in [2.05, 4.69) is 0 Å². The van der Waals surface area contributed by atoms with E-state index in [0.717, 1.165) is 24.0 Å². The number of hydrogen-bond donors (Lipinski definition) is 0. The first-order valence-electron chi connectivity index (χ1n) is 7.41. The maximum atomic E-state index is 12.8. The first-order chi connectivity index (χ1) is 11.8. The zero-order valence-electron chi connectivity index (χ0n) is 13.6. The van der Waals surface area contributed by atoms with Crippen molar-refractivity contribution < 1.29 is 27.4 Å². The highest BCUT2D eigenvalue weighted by Crippen LogP contribution is 2.31. The summed E-state index contributed by atoms with van der Waals surface area (Å²) < 4.78 is 48.8. The third-order valence-electron chi connectivity index (χ3n) is 3.94. The molecule has 2 atom stereocenters. The number of carbonyl (C=O) groups excluding carboxylic acids is 1. The van der Waals surface area contributed by atoms with Crippen molar-refractivity contribution >= 4 is 16.6 Å². The summed E-state index contributed by atoms with van der Waals surface area (Å²) in [5.41, 5.74) is 0.635. The topological polar surface area (TPSA) is 59.3 Å². The molecule has 0 N–H and O–H groups in total. The Labute approximate surface area is 142 Å². The number of fused-ring (bicyclic) bond motifs is 1. The Balaban J connectivity index is 2.39. The Morgan fingerprint density at radius 1 is 1.16 bits per heavy atom. The molecule has 0 saturated heterocycles. The molecule has 25 heavy (non-hydrogen) atoms. The number of ether oxygens (including phenoxy) is 2. The van der Waals surface area contributed by atoms with Crippen LogP contribution in [0.5, 0.6) is 5.75 Å². The van der Waals surface area contributed by atoms with Gasteiger partial charge >= 0.3 is 6.18 Å². The van der Waals surface area contributed by atoms with Gasteiger partial charge in [-0.05, 0) is 17.0 Å². The summed E-state index contributed by atoms with van der Waals surface area (Å²) in [5, 5.41) is 10.2. The molecule has 0 spiro atoms. The van der Waals surface area contributed by atoms with Crippen molar-refractivity contribution in [2.75, 3.05) is 14.2 Å². The molecule has 4 nitrogen and oxygen atoms in total. The normalized spacial score (nSPS) is 13.9. The average molecular weight is 351 g/mol. The second kappa shape index (κ2) is 7.53. The number of methoxy groups -OCH3 is 2. The summed E-state index contributed by atoms with van der Waals surface area (Å²) in [6.07, 6.45) is -6.37. The van der Waals surface area contributed by atoms with Crippen molar-refractivity contribution in [3.63, 3.8) is 0 Å². The number of hydrogen-bond acceptors (Lipinski definition) is 4. The molecule has 0 amide bonds. The molecule has 0 aromatic heterocycles. The minimum absolute atomic E-state index is 0.0753. The lowest BCUT2D eigenvalue weighted by Gasteiger charge is -2.20. The van der Waals surface area contributed by atoms with Gasteiger partial charge in [-0.2, -0.15) is 18.4 Å². The Kier molecular flexibility index (Phi) is 5.65. The van der Waals surface area contributed by atoms with Gasteiger partial charge in [-0.3, -0.25) is 4.79 Å². The van der Waals surface area contributed by atoms with Gasteiger partial charge in [0.1, 0.15) is 11.9 Å². The Bertz CT molecular complexity index is 811. The van der Waals surface area contributed by atoms with Gasteiger partial charge in [0.15, 0.2) is 5.78 Å². The summed E-state index contributed by atoms with van der Waals surface area (Å²) in [5.74, 6) is -3.39. The molecular formula is C18H16F3NO3. The summed E-state index contributed by atoms with van der Waals surface area (Å²) in [4.78, 5) is 12.1. The van der Waals surface area contributed by atoms with E-state index >= 15 is 0 Å². The third-order valence-corrected chi connectivity index (χ3v) is 3.94. The lowest BCUT2D eigenvalue weighted by molar-refractivity contribution is -0.175. The van der Waals surface area contributed by atoms with Gasteiger partial charge < -0.3 is 9.47 Å². The van der Waals surface area contributed by atoms with Gasteiger partial charge in [0, 0.05) is 18.9 Å².